The molecule has 0 bridgehead atoms. The van der Waals surface area contributed by atoms with Gasteiger partial charge in [-0.2, -0.15) is 0 Å². The largest absolute Gasteiger partial charge is 1.00 e. The number of hydrogen-bond acceptors (Lipinski definition) is 1. The molecule has 0 spiro atoms. The molecule has 0 unspecified atom stereocenters. The minimum atomic E-state index is 0. The van der Waals surface area contributed by atoms with Crippen LogP contribution in [0.2, 0.25) is 0 Å². The first kappa shape index (κ1) is 16.5. The van der Waals surface area contributed by atoms with Crippen molar-refractivity contribution in [2.45, 2.75) is 0 Å². The zero-order valence-electron chi connectivity index (χ0n) is 2.83. The van der Waals surface area contributed by atoms with Crippen LogP contribution in [-0.4, -0.2) is 0 Å². The third kappa shape index (κ3) is 8.95. The third-order valence-electron chi connectivity index (χ3n) is 0. The summed E-state index contributed by atoms with van der Waals surface area (Å²) in [7, 11) is 3.50. The van der Waals surface area contributed by atoms with Gasteiger partial charge in [0.15, 0.2) is 0 Å². The fourth-order valence-corrected chi connectivity index (χ4v) is 0. The molecule has 0 aliphatic carbocycles. The summed E-state index contributed by atoms with van der Waals surface area (Å²) in [5.41, 5.74) is 0. The van der Waals surface area contributed by atoms with E-state index in [1.165, 1.54) is 0 Å². The molecule has 0 atom stereocenters. The van der Waals surface area contributed by atoms with Crippen molar-refractivity contribution < 1.29 is 29.6 Å². The van der Waals surface area contributed by atoms with Crippen LogP contribution in [-0.2, 0) is 0 Å². The van der Waals surface area contributed by atoms with Crippen molar-refractivity contribution in [3.8, 4) is 0 Å². The van der Waals surface area contributed by atoms with Gasteiger partial charge in [-0.05, 0) is 21.2 Å². The predicted octanol–water partition coefficient (Wildman–Crippen LogP) is -1.28. The standard InChI is InChI=1S/CH3.HIS.Na/c;1-2;/h1H3;2H;/q-1;;+1. The fraction of sp³-hybridized carbons (Fsp3) is 0. The van der Waals surface area contributed by atoms with Crippen molar-refractivity contribution in [1.82, 2.24) is 0 Å². The third-order valence-corrected chi connectivity index (χ3v) is 0. The minimum absolute atomic E-state index is 0. The summed E-state index contributed by atoms with van der Waals surface area (Å²) < 4.78 is 0. The van der Waals surface area contributed by atoms with E-state index in [0.29, 0.717) is 0 Å². The molecule has 0 nitrogen and oxygen atoms in total. The second kappa shape index (κ2) is 19.5. The van der Waals surface area contributed by atoms with Gasteiger partial charge in [-0.1, -0.05) is 0 Å². The van der Waals surface area contributed by atoms with Crippen LogP contribution in [0.15, 0.2) is 0 Å². The number of thiol groups is 1. The first-order valence-corrected chi connectivity index (χ1v) is 3.40. The van der Waals surface area contributed by atoms with E-state index < -0.39 is 0 Å². The van der Waals surface area contributed by atoms with E-state index in [0.717, 1.165) is 0 Å². The summed E-state index contributed by atoms with van der Waals surface area (Å²) >= 11 is 1.84. The van der Waals surface area contributed by atoms with Gasteiger partial charge in [-0.25, -0.2) is 0 Å². The maximum absolute atomic E-state index is 3.50. The van der Waals surface area contributed by atoms with Crippen molar-refractivity contribution in [2.24, 2.45) is 0 Å². The molecule has 0 saturated carbocycles. The molecule has 0 aromatic carbocycles. The smallest absolute Gasteiger partial charge is 0.358 e. The summed E-state index contributed by atoms with van der Waals surface area (Å²) in [6.07, 6.45) is 0. The topological polar surface area (TPSA) is 0 Å². The van der Waals surface area contributed by atoms with Gasteiger partial charge in [0.05, 0.1) is 0 Å². The van der Waals surface area contributed by atoms with Crippen LogP contribution in [0.1, 0.15) is 0 Å². The quantitative estimate of drug-likeness (QED) is 0.213. The van der Waals surface area contributed by atoms with Crippen molar-refractivity contribution in [3.05, 3.63) is 7.43 Å². The summed E-state index contributed by atoms with van der Waals surface area (Å²) in [5, 5.41) is 0. The van der Waals surface area contributed by atoms with Crippen LogP contribution in [0, 0.1) is 7.43 Å². The Kier molecular flexibility index (Phi) is 80.8. The van der Waals surface area contributed by atoms with Crippen LogP contribution >= 0.6 is 31.0 Å². The molecule has 0 aromatic rings. The SMILES string of the molecule is SI.[CH3-].[Na+]. The van der Waals surface area contributed by atoms with E-state index >= 15 is 0 Å². The average Bonchev–Trinajstić information content (AvgIpc) is 1.00. The Hall–Kier alpha value is 2.08. The van der Waals surface area contributed by atoms with Crippen molar-refractivity contribution in [3.63, 3.8) is 0 Å². The van der Waals surface area contributed by atoms with Crippen molar-refractivity contribution in [2.75, 3.05) is 0 Å². The summed E-state index contributed by atoms with van der Waals surface area (Å²) in [4.78, 5) is 0. The molecule has 0 aliphatic rings. The van der Waals surface area contributed by atoms with Gasteiger partial charge >= 0.3 is 29.6 Å². The second-order valence-corrected chi connectivity index (χ2v) is 0. The molecule has 4 heavy (non-hydrogen) atoms. The molecule has 0 rings (SSSR count). The summed E-state index contributed by atoms with van der Waals surface area (Å²) in [6.45, 7) is 0. The van der Waals surface area contributed by atoms with Crippen molar-refractivity contribution in [1.29, 1.82) is 0 Å². The molecular weight excluding hydrogens is 194 g/mol. The van der Waals surface area contributed by atoms with E-state index in [1.54, 1.807) is 0 Å². The molecule has 0 heterocycles. The molecule has 22 valence electrons. The zero-order valence-corrected chi connectivity index (χ0v) is 7.88. The van der Waals surface area contributed by atoms with Gasteiger partial charge in [-0.15, -0.1) is 9.80 Å². The van der Waals surface area contributed by atoms with Gasteiger partial charge in [0, 0.05) is 0 Å². The van der Waals surface area contributed by atoms with E-state index in [9.17, 15) is 0 Å². The van der Waals surface area contributed by atoms with E-state index in [-0.39, 0.29) is 37.0 Å². The number of halogens is 1. The molecule has 0 amide bonds. The summed E-state index contributed by atoms with van der Waals surface area (Å²) in [5.74, 6) is 0. The molecule has 0 aliphatic heterocycles. The van der Waals surface area contributed by atoms with E-state index in [1.807, 2.05) is 21.2 Å². The van der Waals surface area contributed by atoms with Gasteiger partial charge in [0.25, 0.3) is 0 Å². The maximum Gasteiger partial charge on any atom is 1.00 e. The van der Waals surface area contributed by atoms with Gasteiger partial charge < -0.3 is 7.43 Å². The molecular formula is CH4INaS. The van der Waals surface area contributed by atoms with E-state index in [4.69, 9.17) is 0 Å². The minimum Gasteiger partial charge on any atom is -0.358 e. The average molecular weight is 198 g/mol. The van der Waals surface area contributed by atoms with Crippen LogP contribution in [0.4, 0.5) is 0 Å². The van der Waals surface area contributed by atoms with Crippen LogP contribution < -0.4 is 29.6 Å². The van der Waals surface area contributed by atoms with Gasteiger partial charge in [0.1, 0.15) is 0 Å². The molecule has 0 fully saturated rings. The molecule has 0 saturated heterocycles. The van der Waals surface area contributed by atoms with Gasteiger partial charge in [0.2, 0.25) is 0 Å². The molecule has 0 N–H and O–H groups in total. The Bertz CT molecular complexity index is 8.00. The fourth-order valence-electron chi connectivity index (χ4n) is 0. The van der Waals surface area contributed by atoms with Gasteiger partial charge in [-0.3, -0.25) is 0 Å². The second-order valence-electron chi connectivity index (χ2n) is 0. The first-order valence-electron chi connectivity index (χ1n) is 0.169. The molecule has 0 radical (unpaired) electrons. The monoisotopic (exact) mass is 198 g/mol. The summed E-state index contributed by atoms with van der Waals surface area (Å²) in [6, 6.07) is 0. The van der Waals surface area contributed by atoms with Crippen LogP contribution in [0.3, 0.4) is 0 Å². The van der Waals surface area contributed by atoms with Crippen LogP contribution in [0.5, 0.6) is 0 Å². The zero-order chi connectivity index (χ0) is 2.00. The van der Waals surface area contributed by atoms with E-state index in [2.05, 4.69) is 9.80 Å². The van der Waals surface area contributed by atoms with Crippen molar-refractivity contribution >= 4 is 31.0 Å². The Balaban J connectivity index is -0.00000000500. The molecule has 3 heteroatoms. The number of hydrogen-bond donors (Lipinski definition) is 1. The van der Waals surface area contributed by atoms with Crippen LogP contribution in [0.25, 0.3) is 0 Å². The Morgan fingerprint density at radius 3 is 1.25 bits per heavy atom. The first-order chi connectivity index (χ1) is 1.00. The maximum atomic E-state index is 3.50. The Labute approximate surface area is 67.0 Å². The Morgan fingerprint density at radius 1 is 1.25 bits per heavy atom. The normalized spacial score (nSPS) is 1.50. The molecule has 0 aromatic heterocycles. The Morgan fingerprint density at radius 2 is 1.25 bits per heavy atom. The predicted molar refractivity (Wildman–Crippen MR) is 29.4 cm³/mol. The number of rotatable bonds is 0.